The molecule has 4 fully saturated rings. The largest absolute Gasteiger partial charge is 0.494 e. The van der Waals surface area contributed by atoms with Crippen molar-refractivity contribution in [3.63, 3.8) is 0 Å². The summed E-state index contributed by atoms with van der Waals surface area (Å²) in [5.41, 5.74) is 1.12. The molecule has 2 aromatic carbocycles. The summed E-state index contributed by atoms with van der Waals surface area (Å²) in [7, 11) is 0. The van der Waals surface area contributed by atoms with Gasteiger partial charge in [0.15, 0.2) is 0 Å². The van der Waals surface area contributed by atoms with Crippen LogP contribution in [-0.2, 0) is 19.2 Å². The van der Waals surface area contributed by atoms with Gasteiger partial charge >= 0.3 is 5.97 Å². The van der Waals surface area contributed by atoms with Crippen LogP contribution in [0.2, 0.25) is 0 Å². The number of allylic oxidation sites excluding steroid dienone is 2. The molecule has 38 heavy (non-hydrogen) atoms. The van der Waals surface area contributed by atoms with Gasteiger partial charge in [-0.2, -0.15) is 0 Å². The fraction of sp³-hybridized carbons (Fsp3) is 0.400. The van der Waals surface area contributed by atoms with E-state index in [9.17, 15) is 19.2 Å². The molecule has 3 amide bonds. The summed E-state index contributed by atoms with van der Waals surface area (Å²) < 4.78 is 11.1. The van der Waals surface area contributed by atoms with Crippen molar-refractivity contribution in [1.29, 1.82) is 0 Å². The minimum Gasteiger partial charge on any atom is -0.494 e. The third-order valence-corrected chi connectivity index (χ3v) is 8.87. The topological polar surface area (TPSA) is 93.2 Å². The molecule has 2 bridgehead atoms. The van der Waals surface area contributed by atoms with Crippen LogP contribution in [0.25, 0.3) is 0 Å². The van der Waals surface area contributed by atoms with E-state index in [0.29, 0.717) is 35.6 Å². The molecule has 8 heteroatoms. The second-order valence-corrected chi connectivity index (χ2v) is 10.9. The lowest BCUT2D eigenvalue weighted by Gasteiger charge is -2.37. The van der Waals surface area contributed by atoms with Crippen LogP contribution >= 0.6 is 0 Å². The molecular weight excluding hydrogens is 484 g/mol. The second-order valence-electron chi connectivity index (χ2n) is 10.9. The Morgan fingerprint density at radius 2 is 1.58 bits per heavy atom. The normalized spacial score (nSPS) is 32.4. The molecule has 0 unspecified atom stereocenters. The first-order valence-electron chi connectivity index (χ1n) is 13.4. The van der Waals surface area contributed by atoms with Crippen molar-refractivity contribution in [3.05, 3.63) is 60.7 Å². The van der Waals surface area contributed by atoms with Crippen LogP contribution in [-0.4, -0.2) is 36.8 Å². The lowest BCUT2D eigenvalue weighted by Crippen LogP contribution is -2.40. The Balaban J connectivity index is 1.05. The summed E-state index contributed by atoms with van der Waals surface area (Å²) in [6.07, 6.45) is 5.45. The van der Waals surface area contributed by atoms with E-state index in [1.165, 1.54) is 4.90 Å². The number of hydrogen-bond acceptors (Lipinski definition) is 6. The van der Waals surface area contributed by atoms with Crippen LogP contribution in [0.3, 0.4) is 0 Å². The summed E-state index contributed by atoms with van der Waals surface area (Å²) in [6.45, 7) is 2.67. The van der Waals surface area contributed by atoms with Crippen LogP contribution in [0.5, 0.6) is 11.5 Å². The Kier molecular flexibility index (Phi) is 5.22. The van der Waals surface area contributed by atoms with Gasteiger partial charge in [-0.1, -0.05) is 18.2 Å². The molecule has 2 saturated heterocycles. The number of anilines is 2. The van der Waals surface area contributed by atoms with Gasteiger partial charge in [-0.15, -0.1) is 0 Å². The zero-order valence-electron chi connectivity index (χ0n) is 21.0. The number of amides is 3. The molecule has 0 spiro atoms. The quantitative estimate of drug-likeness (QED) is 0.254. The number of hydrogen-bond donors (Lipinski definition) is 0. The second kappa shape index (κ2) is 8.55. The number of carbonyl (C=O) groups is 4. The average molecular weight is 513 g/mol. The van der Waals surface area contributed by atoms with Gasteiger partial charge in [0, 0.05) is 24.7 Å². The first kappa shape index (κ1) is 23.2. The molecule has 2 saturated carbocycles. The van der Waals surface area contributed by atoms with E-state index < -0.39 is 11.9 Å². The summed E-state index contributed by atoms with van der Waals surface area (Å²) in [5, 5.41) is 0. The number of esters is 1. The van der Waals surface area contributed by atoms with E-state index >= 15 is 0 Å². The Hall–Kier alpha value is -3.94. The monoisotopic (exact) mass is 512 g/mol. The van der Waals surface area contributed by atoms with E-state index in [4.69, 9.17) is 9.47 Å². The van der Waals surface area contributed by atoms with Crippen molar-refractivity contribution in [2.45, 2.75) is 19.8 Å². The van der Waals surface area contributed by atoms with Crippen molar-refractivity contribution in [1.82, 2.24) is 0 Å². The van der Waals surface area contributed by atoms with Gasteiger partial charge in [0.2, 0.25) is 17.7 Å². The highest BCUT2D eigenvalue weighted by atomic mass is 16.5. The number of benzene rings is 2. The molecule has 2 heterocycles. The first-order chi connectivity index (χ1) is 18.4. The molecular formula is C30H28N2O6. The zero-order valence-corrected chi connectivity index (χ0v) is 21.0. The van der Waals surface area contributed by atoms with Crippen LogP contribution in [0.4, 0.5) is 11.4 Å². The average Bonchev–Trinajstić information content (AvgIpc) is 3.60. The Morgan fingerprint density at radius 3 is 2.24 bits per heavy atom. The highest BCUT2D eigenvalue weighted by Crippen LogP contribution is 2.65. The molecule has 8 nitrogen and oxygen atoms in total. The molecule has 2 aromatic rings. The molecule has 4 aliphatic carbocycles. The number of nitrogens with zero attached hydrogens (tertiary/aromatic N) is 2. The maximum atomic E-state index is 13.4. The highest BCUT2D eigenvalue weighted by Gasteiger charge is 2.67. The van der Waals surface area contributed by atoms with Crippen LogP contribution in [0, 0.1) is 41.4 Å². The van der Waals surface area contributed by atoms with Crippen LogP contribution < -0.4 is 19.3 Å². The van der Waals surface area contributed by atoms with E-state index in [2.05, 4.69) is 12.2 Å². The molecule has 0 N–H and O–H groups in total. The molecule has 0 aromatic heterocycles. The highest BCUT2D eigenvalue weighted by molar-refractivity contribution is 6.22. The first-order valence-corrected chi connectivity index (χ1v) is 13.4. The van der Waals surface area contributed by atoms with Gasteiger partial charge in [-0.05, 0) is 73.4 Å². The van der Waals surface area contributed by atoms with Crippen molar-refractivity contribution in [2.24, 2.45) is 41.4 Å². The van der Waals surface area contributed by atoms with Gasteiger partial charge in [0.1, 0.15) is 11.5 Å². The zero-order chi connectivity index (χ0) is 26.1. The van der Waals surface area contributed by atoms with Crippen molar-refractivity contribution in [3.8, 4) is 11.5 Å². The minimum atomic E-state index is -0.621. The molecule has 0 radical (unpaired) electrons. The Labute approximate surface area is 220 Å². The third-order valence-electron chi connectivity index (χ3n) is 8.87. The van der Waals surface area contributed by atoms with Gasteiger partial charge in [0.25, 0.3) is 0 Å². The maximum absolute atomic E-state index is 13.4. The predicted molar refractivity (Wildman–Crippen MR) is 137 cm³/mol. The smallest absolute Gasteiger partial charge is 0.316 e. The van der Waals surface area contributed by atoms with Crippen molar-refractivity contribution >= 4 is 35.1 Å². The standard InChI is InChI=1S/C30H28N2O6/c1-2-37-19-8-6-17(7-9-19)31-15-16(12-25(31)33)30(36)38-20-5-3-4-18(13-20)32-28(34)26-21-10-11-22(24-14-23(21)24)27(26)29(32)35/h3-11,13,16,21-24,26-27H,2,12,14-15H2,1H3/t16-,21+,22+,23-,24+,26+,27-/m0/s1. The van der Waals surface area contributed by atoms with Gasteiger partial charge in [-0.3, -0.25) is 19.2 Å². The van der Waals surface area contributed by atoms with E-state index in [-0.39, 0.29) is 60.1 Å². The number of carbonyl (C=O) groups excluding carboxylic acids is 4. The lowest BCUT2D eigenvalue weighted by molar-refractivity contribution is -0.139. The number of imide groups is 1. The van der Waals surface area contributed by atoms with E-state index in [1.807, 2.05) is 6.92 Å². The molecule has 2 aliphatic heterocycles. The van der Waals surface area contributed by atoms with Crippen molar-refractivity contribution in [2.75, 3.05) is 23.0 Å². The van der Waals surface area contributed by atoms with E-state index in [0.717, 1.165) is 6.42 Å². The summed E-state index contributed by atoms with van der Waals surface area (Å²) in [4.78, 5) is 55.4. The predicted octanol–water partition coefficient (Wildman–Crippen LogP) is 3.60. The fourth-order valence-electron chi connectivity index (χ4n) is 7.10. The van der Waals surface area contributed by atoms with E-state index in [1.54, 1.807) is 53.4 Å². The summed E-state index contributed by atoms with van der Waals surface area (Å²) in [6, 6.07) is 13.8. The summed E-state index contributed by atoms with van der Waals surface area (Å²) >= 11 is 0. The van der Waals surface area contributed by atoms with Gasteiger partial charge in [-0.25, -0.2) is 4.90 Å². The molecule has 6 aliphatic rings. The van der Waals surface area contributed by atoms with Gasteiger partial charge in [0.05, 0.1) is 30.0 Å². The SMILES string of the molecule is CCOc1ccc(N2C[C@@H](C(=O)Oc3cccc(N4C(=O)[C@@H]5[C@@H]6C=C[C@H]([C@H]7C[C@@H]67)[C@@H]5C4=O)c3)CC2=O)cc1. The lowest BCUT2D eigenvalue weighted by atomic mass is 9.63. The Bertz CT molecular complexity index is 1350. The summed E-state index contributed by atoms with van der Waals surface area (Å²) in [5.74, 6) is 0.166. The fourth-order valence-corrected chi connectivity index (χ4v) is 7.10. The number of ether oxygens (including phenoxy) is 2. The Morgan fingerprint density at radius 1 is 0.895 bits per heavy atom. The third kappa shape index (κ3) is 3.50. The molecule has 7 atom stereocenters. The van der Waals surface area contributed by atoms with Crippen LogP contribution in [0.1, 0.15) is 19.8 Å². The van der Waals surface area contributed by atoms with Crippen molar-refractivity contribution < 1.29 is 28.7 Å². The van der Waals surface area contributed by atoms with Crippen LogP contribution in [0.15, 0.2) is 60.7 Å². The number of rotatable bonds is 6. The molecule has 194 valence electrons. The molecule has 8 rings (SSSR count). The maximum Gasteiger partial charge on any atom is 0.316 e. The minimum absolute atomic E-state index is 0.0519. The van der Waals surface area contributed by atoms with Gasteiger partial charge < -0.3 is 14.4 Å².